The fourth-order valence-electron chi connectivity index (χ4n) is 2.54. The lowest BCUT2D eigenvalue weighted by Gasteiger charge is -2.34. The van der Waals surface area contributed by atoms with Crippen LogP contribution in [0.5, 0.6) is 0 Å². The Morgan fingerprint density at radius 3 is 2.86 bits per heavy atom. The number of fused-ring (bicyclic) bond motifs is 1. The molecule has 3 N–H and O–H groups in total. The molecule has 0 saturated carbocycles. The molecular weight excluding hydrogens is 272 g/mol. The molecule has 0 aliphatic carbocycles. The minimum atomic E-state index is -0.896. The Morgan fingerprint density at radius 1 is 1.48 bits per heavy atom. The van der Waals surface area contributed by atoms with Crippen molar-refractivity contribution in [2.45, 2.75) is 18.9 Å². The number of para-hydroxylation sites is 1. The molecular formula is C15H20N2O4. The van der Waals surface area contributed by atoms with Gasteiger partial charge in [-0.1, -0.05) is 18.2 Å². The maximum atomic E-state index is 12.5. The summed E-state index contributed by atoms with van der Waals surface area (Å²) < 4.78 is 4.93. The number of rotatable bonds is 5. The first-order valence-corrected chi connectivity index (χ1v) is 6.91. The highest BCUT2D eigenvalue weighted by Crippen LogP contribution is 2.30. The van der Waals surface area contributed by atoms with Crippen molar-refractivity contribution in [1.29, 1.82) is 0 Å². The number of amides is 1. The summed E-state index contributed by atoms with van der Waals surface area (Å²) in [5.41, 5.74) is 7.52. The van der Waals surface area contributed by atoms with Crippen molar-refractivity contribution in [3.63, 3.8) is 0 Å². The van der Waals surface area contributed by atoms with Gasteiger partial charge in [-0.15, -0.1) is 0 Å². The van der Waals surface area contributed by atoms with Crippen molar-refractivity contribution in [2.24, 2.45) is 11.7 Å². The maximum Gasteiger partial charge on any atom is 0.308 e. The summed E-state index contributed by atoms with van der Waals surface area (Å²) in [5, 5.41) is 9.25. The van der Waals surface area contributed by atoms with Crippen LogP contribution in [0, 0.1) is 5.92 Å². The fraction of sp³-hybridized carbons (Fsp3) is 0.467. The van der Waals surface area contributed by atoms with Crippen molar-refractivity contribution < 1.29 is 19.4 Å². The molecule has 6 heteroatoms. The second-order valence-corrected chi connectivity index (χ2v) is 5.20. The molecule has 1 aromatic rings. The fourth-order valence-corrected chi connectivity index (χ4v) is 2.54. The predicted molar refractivity (Wildman–Crippen MR) is 78.1 cm³/mol. The van der Waals surface area contributed by atoms with Crippen LogP contribution < -0.4 is 10.6 Å². The number of carbonyl (C=O) groups excluding carboxylic acids is 1. The number of methoxy groups -OCH3 is 1. The smallest absolute Gasteiger partial charge is 0.308 e. The molecule has 1 aliphatic rings. The van der Waals surface area contributed by atoms with Crippen molar-refractivity contribution in [2.75, 3.05) is 25.2 Å². The monoisotopic (exact) mass is 292 g/mol. The Morgan fingerprint density at radius 2 is 2.19 bits per heavy atom. The number of anilines is 1. The van der Waals surface area contributed by atoms with Crippen LogP contribution in [-0.2, 0) is 20.7 Å². The minimum absolute atomic E-state index is 0.159. The Hall–Kier alpha value is -1.92. The summed E-state index contributed by atoms with van der Waals surface area (Å²) >= 11 is 0. The molecule has 0 radical (unpaired) electrons. The van der Waals surface area contributed by atoms with Gasteiger partial charge in [0.05, 0.1) is 12.0 Å². The topological polar surface area (TPSA) is 92.9 Å². The van der Waals surface area contributed by atoms with Gasteiger partial charge in [0.1, 0.15) is 0 Å². The molecule has 2 atom stereocenters. The van der Waals surface area contributed by atoms with Crippen LogP contribution >= 0.6 is 0 Å². The van der Waals surface area contributed by atoms with E-state index in [4.69, 9.17) is 10.5 Å². The molecule has 1 heterocycles. The van der Waals surface area contributed by atoms with Gasteiger partial charge in [0.25, 0.3) is 0 Å². The van der Waals surface area contributed by atoms with Crippen LogP contribution in [0.2, 0.25) is 0 Å². The molecule has 0 bridgehead atoms. The molecule has 0 fully saturated rings. The summed E-state index contributed by atoms with van der Waals surface area (Å²) in [6.45, 7) is 0.552. The van der Waals surface area contributed by atoms with Gasteiger partial charge in [-0.2, -0.15) is 0 Å². The van der Waals surface area contributed by atoms with Gasteiger partial charge in [0.15, 0.2) is 0 Å². The zero-order valence-electron chi connectivity index (χ0n) is 12.0. The average molecular weight is 292 g/mol. The number of aliphatic carboxylic acids is 1. The normalized spacial score (nSPS) is 19.0. The van der Waals surface area contributed by atoms with Gasteiger partial charge in [0.2, 0.25) is 5.91 Å². The molecule has 0 saturated heterocycles. The van der Waals surface area contributed by atoms with Crippen LogP contribution in [0.1, 0.15) is 12.0 Å². The summed E-state index contributed by atoms with van der Waals surface area (Å²) in [4.78, 5) is 25.3. The first-order chi connectivity index (χ1) is 10.0. The van der Waals surface area contributed by atoms with Crippen molar-refractivity contribution in [3.05, 3.63) is 29.8 Å². The average Bonchev–Trinajstić information content (AvgIpc) is 2.50. The number of carbonyl (C=O) groups is 2. The molecule has 0 spiro atoms. The number of carboxylic acids is 1. The van der Waals surface area contributed by atoms with E-state index in [2.05, 4.69) is 0 Å². The van der Waals surface area contributed by atoms with Crippen LogP contribution in [-0.4, -0.2) is 43.3 Å². The third-order valence-electron chi connectivity index (χ3n) is 3.72. The largest absolute Gasteiger partial charge is 0.481 e. The lowest BCUT2D eigenvalue weighted by Crippen LogP contribution is -2.49. The molecule has 2 unspecified atom stereocenters. The van der Waals surface area contributed by atoms with Crippen LogP contribution in [0.15, 0.2) is 24.3 Å². The van der Waals surface area contributed by atoms with E-state index in [0.717, 1.165) is 11.3 Å². The first-order valence-electron chi connectivity index (χ1n) is 6.91. The number of hydrogen-bond acceptors (Lipinski definition) is 4. The third kappa shape index (κ3) is 3.40. The zero-order valence-corrected chi connectivity index (χ0v) is 12.0. The lowest BCUT2D eigenvalue weighted by molar-refractivity contribution is -0.141. The molecule has 1 amide bonds. The van der Waals surface area contributed by atoms with Crippen molar-refractivity contribution in [3.8, 4) is 0 Å². The minimum Gasteiger partial charge on any atom is -0.481 e. The quantitative estimate of drug-likeness (QED) is 0.831. The number of nitrogens with zero attached hydrogens (tertiary/aromatic N) is 1. The van der Waals surface area contributed by atoms with Gasteiger partial charge in [-0.3, -0.25) is 9.59 Å². The van der Waals surface area contributed by atoms with Gasteiger partial charge in [-0.25, -0.2) is 0 Å². The van der Waals surface area contributed by atoms with E-state index in [0.29, 0.717) is 19.4 Å². The van der Waals surface area contributed by atoms with Crippen LogP contribution in [0.3, 0.4) is 0 Å². The molecule has 21 heavy (non-hydrogen) atoms. The molecule has 6 nitrogen and oxygen atoms in total. The second kappa shape index (κ2) is 6.69. The lowest BCUT2D eigenvalue weighted by atomic mass is 9.92. The zero-order chi connectivity index (χ0) is 15.4. The Bertz CT molecular complexity index is 532. The van der Waals surface area contributed by atoms with E-state index in [1.54, 1.807) is 7.11 Å². The number of nitrogens with two attached hydrogens (primary N) is 1. The summed E-state index contributed by atoms with van der Waals surface area (Å²) in [6, 6.07) is 6.67. The predicted octanol–water partition coefficient (Wildman–Crippen LogP) is 0.640. The number of ether oxygens (including phenoxy) is 1. The summed E-state index contributed by atoms with van der Waals surface area (Å²) in [6.07, 6.45) is 0.842. The van der Waals surface area contributed by atoms with Crippen molar-refractivity contribution >= 4 is 17.6 Å². The molecule has 1 aliphatic heterocycles. The van der Waals surface area contributed by atoms with Crippen LogP contribution in [0.25, 0.3) is 0 Å². The van der Waals surface area contributed by atoms with Crippen LogP contribution in [0.4, 0.5) is 5.69 Å². The van der Waals surface area contributed by atoms with Gasteiger partial charge < -0.3 is 20.5 Å². The van der Waals surface area contributed by atoms with Gasteiger partial charge in [0, 0.05) is 25.9 Å². The Balaban J connectivity index is 2.24. The van der Waals surface area contributed by atoms with E-state index in [9.17, 15) is 14.7 Å². The third-order valence-corrected chi connectivity index (χ3v) is 3.72. The number of carboxylic acid groups (broad SMARTS) is 1. The molecule has 1 aromatic carbocycles. The van der Waals surface area contributed by atoms with E-state index in [1.165, 1.54) is 4.90 Å². The first kappa shape index (κ1) is 15.5. The maximum absolute atomic E-state index is 12.5. The second-order valence-electron chi connectivity index (χ2n) is 5.20. The van der Waals surface area contributed by atoms with E-state index in [1.807, 2.05) is 24.3 Å². The number of benzene rings is 1. The van der Waals surface area contributed by atoms with Crippen molar-refractivity contribution in [1.82, 2.24) is 0 Å². The highest BCUT2D eigenvalue weighted by molar-refractivity contribution is 5.99. The van der Waals surface area contributed by atoms with Gasteiger partial charge >= 0.3 is 5.97 Å². The Kier molecular flexibility index (Phi) is 4.93. The highest BCUT2D eigenvalue weighted by atomic mass is 16.5. The van der Waals surface area contributed by atoms with Gasteiger partial charge in [-0.05, 0) is 24.5 Å². The number of hydrogen-bond donors (Lipinski definition) is 2. The molecule has 0 aromatic heterocycles. The van der Waals surface area contributed by atoms with E-state index in [-0.39, 0.29) is 12.5 Å². The summed E-state index contributed by atoms with van der Waals surface area (Å²) in [7, 11) is 1.55. The highest BCUT2D eigenvalue weighted by Gasteiger charge is 2.33. The standard InChI is InChI=1S/C15H20N2O4/c1-21-7-6-12(16)14(18)17-9-11(15(19)20)8-10-4-2-3-5-13(10)17/h2-5,11-12H,6-9,16H2,1H3,(H,19,20). The summed E-state index contributed by atoms with van der Waals surface area (Å²) in [5.74, 6) is -1.75. The molecule has 114 valence electrons. The molecule has 2 rings (SSSR count). The van der Waals surface area contributed by atoms with E-state index >= 15 is 0 Å². The SMILES string of the molecule is COCCC(N)C(=O)N1CC(C(=O)O)Cc2ccccc21. The van der Waals surface area contributed by atoms with E-state index < -0.39 is 17.9 Å². The Labute approximate surface area is 123 Å².